The van der Waals surface area contributed by atoms with Crippen LogP contribution in [0.2, 0.25) is 0 Å². The smallest absolute Gasteiger partial charge is 0.239 e. The number of carbonyl (C=O) groups is 1. The monoisotopic (exact) mass is 316 g/mol. The van der Waals surface area contributed by atoms with Gasteiger partial charge >= 0.3 is 0 Å². The van der Waals surface area contributed by atoms with Crippen molar-refractivity contribution in [3.05, 3.63) is 28.5 Å². The topological polar surface area (TPSA) is 41.1 Å². The highest BCUT2D eigenvalue weighted by atomic mass is 79.9. The van der Waals surface area contributed by atoms with Crippen LogP contribution in [0, 0.1) is 11.7 Å². The van der Waals surface area contributed by atoms with Crippen LogP contribution in [-0.4, -0.2) is 19.0 Å². The molecule has 0 aliphatic rings. The Hall–Kier alpha value is -1.10. The largest absolute Gasteiger partial charge is 0.374 e. The van der Waals surface area contributed by atoms with Crippen LogP contribution < -0.4 is 10.6 Å². The molecule has 1 rings (SSSR count). The predicted molar refractivity (Wildman–Crippen MR) is 75.1 cm³/mol. The van der Waals surface area contributed by atoms with Crippen molar-refractivity contribution in [2.24, 2.45) is 5.92 Å². The third kappa shape index (κ3) is 5.49. The molecule has 0 spiro atoms. The van der Waals surface area contributed by atoms with Crippen molar-refractivity contribution >= 4 is 27.5 Å². The number of hydrogen-bond acceptors (Lipinski definition) is 2. The molecule has 0 saturated heterocycles. The summed E-state index contributed by atoms with van der Waals surface area (Å²) in [5, 5.41) is 5.55. The highest BCUT2D eigenvalue weighted by Crippen LogP contribution is 2.18. The van der Waals surface area contributed by atoms with Crippen molar-refractivity contribution in [2.75, 3.05) is 18.4 Å². The Kier molecular flexibility index (Phi) is 6.12. The maximum atomic E-state index is 13.4. The Balaban J connectivity index is 2.33. The van der Waals surface area contributed by atoms with E-state index in [1.54, 1.807) is 12.1 Å². The fourth-order valence-corrected chi connectivity index (χ4v) is 1.70. The van der Waals surface area contributed by atoms with E-state index in [1.165, 1.54) is 6.07 Å². The van der Waals surface area contributed by atoms with E-state index in [9.17, 15) is 9.18 Å². The Labute approximate surface area is 115 Å². The van der Waals surface area contributed by atoms with E-state index in [0.717, 1.165) is 6.42 Å². The second kappa shape index (κ2) is 7.36. The predicted octanol–water partition coefficient (Wildman–Crippen LogP) is 3.16. The number of anilines is 1. The lowest BCUT2D eigenvalue weighted by Gasteiger charge is -2.09. The van der Waals surface area contributed by atoms with Crippen molar-refractivity contribution < 1.29 is 9.18 Å². The van der Waals surface area contributed by atoms with E-state index in [0.29, 0.717) is 22.6 Å². The maximum Gasteiger partial charge on any atom is 0.239 e. The van der Waals surface area contributed by atoms with Gasteiger partial charge in [0.25, 0.3) is 0 Å². The summed E-state index contributed by atoms with van der Waals surface area (Å²) in [6.07, 6.45) is 0.943. The summed E-state index contributed by atoms with van der Waals surface area (Å²) >= 11 is 3.18. The van der Waals surface area contributed by atoms with Gasteiger partial charge in [-0.15, -0.1) is 0 Å². The van der Waals surface area contributed by atoms with E-state index in [2.05, 4.69) is 40.4 Å². The molecule has 0 saturated carbocycles. The summed E-state index contributed by atoms with van der Waals surface area (Å²) < 4.78 is 14.1. The van der Waals surface area contributed by atoms with Gasteiger partial charge in [-0.25, -0.2) is 4.39 Å². The van der Waals surface area contributed by atoms with Gasteiger partial charge in [0.1, 0.15) is 5.82 Å². The van der Waals surface area contributed by atoms with Gasteiger partial charge in [-0.1, -0.05) is 29.8 Å². The fourth-order valence-electron chi connectivity index (χ4n) is 1.37. The molecule has 0 radical (unpaired) electrons. The SMILES string of the molecule is CC(C)CCNC(=O)CNc1ccc(Br)cc1F. The lowest BCUT2D eigenvalue weighted by molar-refractivity contribution is -0.119. The van der Waals surface area contributed by atoms with Gasteiger partial charge in [0.05, 0.1) is 12.2 Å². The molecule has 0 unspecified atom stereocenters. The van der Waals surface area contributed by atoms with Crippen LogP contribution in [0.3, 0.4) is 0 Å². The molecule has 100 valence electrons. The lowest BCUT2D eigenvalue weighted by Crippen LogP contribution is -2.31. The lowest BCUT2D eigenvalue weighted by atomic mass is 10.1. The van der Waals surface area contributed by atoms with Gasteiger partial charge in [0.2, 0.25) is 5.91 Å². The molecular formula is C13H18BrFN2O. The average Bonchev–Trinajstić information content (AvgIpc) is 2.27. The molecule has 1 aromatic rings. The fraction of sp³-hybridized carbons (Fsp3) is 0.462. The minimum Gasteiger partial charge on any atom is -0.374 e. The highest BCUT2D eigenvalue weighted by molar-refractivity contribution is 9.10. The minimum absolute atomic E-state index is 0.0800. The van der Waals surface area contributed by atoms with Crippen LogP contribution >= 0.6 is 15.9 Å². The highest BCUT2D eigenvalue weighted by Gasteiger charge is 2.05. The number of benzene rings is 1. The number of rotatable bonds is 6. The molecule has 0 aromatic heterocycles. The molecule has 3 nitrogen and oxygen atoms in total. The first-order chi connectivity index (χ1) is 8.49. The van der Waals surface area contributed by atoms with E-state index < -0.39 is 0 Å². The minimum atomic E-state index is -0.376. The van der Waals surface area contributed by atoms with Crippen molar-refractivity contribution in [1.82, 2.24) is 5.32 Å². The molecule has 0 aliphatic heterocycles. The number of carbonyl (C=O) groups excluding carboxylic acids is 1. The Morgan fingerprint density at radius 3 is 2.78 bits per heavy atom. The Morgan fingerprint density at radius 2 is 2.17 bits per heavy atom. The molecule has 0 aliphatic carbocycles. The third-order valence-electron chi connectivity index (χ3n) is 2.41. The van der Waals surface area contributed by atoms with Crippen LogP contribution in [-0.2, 0) is 4.79 Å². The standard InChI is InChI=1S/C13H18BrFN2O/c1-9(2)5-6-16-13(18)8-17-12-4-3-10(14)7-11(12)15/h3-4,7,9,17H,5-6,8H2,1-2H3,(H,16,18). The van der Waals surface area contributed by atoms with Crippen LogP contribution in [0.25, 0.3) is 0 Å². The molecule has 2 N–H and O–H groups in total. The second-order valence-electron chi connectivity index (χ2n) is 4.51. The molecule has 0 atom stereocenters. The van der Waals surface area contributed by atoms with Gasteiger partial charge in [0, 0.05) is 11.0 Å². The molecule has 1 amide bonds. The van der Waals surface area contributed by atoms with Gasteiger partial charge in [-0.2, -0.15) is 0 Å². The molecule has 0 bridgehead atoms. The average molecular weight is 317 g/mol. The summed E-state index contributed by atoms with van der Waals surface area (Å²) in [5.41, 5.74) is 0.331. The number of hydrogen-bond donors (Lipinski definition) is 2. The zero-order valence-electron chi connectivity index (χ0n) is 10.6. The molecular weight excluding hydrogens is 299 g/mol. The van der Waals surface area contributed by atoms with Crippen LogP contribution in [0.1, 0.15) is 20.3 Å². The van der Waals surface area contributed by atoms with E-state index in [-0.39, 0.29) is 18.3 Å². The van der Waals surface area contributed by atoms with Gasteiger partial charge in [-0.3, -0.25) is 4.79 Å². The molecule has 1 aromatic carbocycles. The summed E-state index contributed by atoms with van der Waals surface area (Å²) in [5.74, 6) is 0.0551. The van der Waals surface area contributed by atoms with Crippen molar-refractivity contribution in [1.29, 1.82) is 0 Å². The van der Waals surface area contributed by atoms with E-state index >= 15 is 0 Å². The van der Waals surface area contributed by atoms with Gasteiger partial charge < -0.3 is 10.6 Å². The molecule has 5 heteroatoms. The summed E-state index contributed by atoms with van der Waals surface area (Å²) in [7, 11) is 0. The first-order valence-corrected chi connectivity index (χ1v) is 6.74. The first kappa shape index (κ1) is 15.0. The Bertz CT molecular complexity index is 410. The summed E-state index contributed by atoms with van der Waals surface area (Å²) in [6.45, 7) is 4.93. The van der Waals surface area contributed by atoms with Crippen molar-refractivity contribution in [2.45, 2.75) is 20.3 Å². The first-order valence-electron chi connectivity index (χ1n) is 5.94. The normalized spacial score (nSPS) is 10.5. The zero-order valence-corrected chi connectivity index (χ0v) is 12.2. The van der Waals surface area contributed by atoms with Gasteiger partial charge in [-0.05, 0) is 30.5 Å². The summed E-state index contributed by atoms with van der Waals surface area (Å²) in [4.78, 5) is 11.5. The van der Waals surface area contributed by atoms with E-state index in [1.807, 2.05) is 0 Å². The van der Waals surface area contributed by atoms with Crippen molar-refractivity contribution in [3.8, 4) is 0 Å². The molecule has 0 fully saturated rings. The zero-order chi connectivity index (χ0) is 13.5. The number of halogens is 2. The molecule has 18 heavy (non-hydrogen) atoms. The number of amides is 1. The number of nitrogens with one attached hydrogen (secondary N) is 2. The van der Waals surface area contributed by atoms with Crippen LogP contribution in [0.5, 0.6) is 0 Å². The van der Waals surface area contributed by atoms with Crippen LogP contribution in [0.15, 0.2) is 22.7 Å². The van der Waals surface area contributed by atoms with E-state index in [4.69, 9.17) is 0 Å². The van der Waals surface area contributed by atoms with Gasteiger partial charge in [0.15, 0.2) is 0 Å². The van der Waals surface area contributed by atoms with Crippen LogP contribution in [0.4, 0.5) is 10.1 Å². The second-order valence-corrected chi connectivity index (χ2v) is 5.43. The third-order valence-corrected chi connectivity index (χ3v) is 2.91. The van der Waals surface area contributed by atoms with Crippen molar-refractivity contribution in [3.63, 3.8) is 0 Å². The quantitative estimate of drug-likeness (QED) is 0.846. The molecule has 0 heterocycles. The summed E-state index contributed by atoms with van der Waals surface area (Å²) in [6, 6.07) is 4.68. The maximum absolute atomic E-state index is 13.4. The Morgan fingerprint density at radius 1 is 1.44 bits per heavy atom.